The molecule has 0 aromatic carbocycles. The fraction of sp³-hybridized carbons (Fsp3) is 0.714. The molecule has 0 spiro atoms. The van der Waals surface area contributed by atoms with Crippen LogP contribution in [0.25, 0.3) is 0 Å². The van der Waals surface area contributed by atoms with Crippen LogP contribution in [0.15, 0.2) is 18.7 Å². The third-order valence-corrected chi connectivity index (χ3v) is 4.32. The molecule has 3 rings (SSSR count). The van der Waals surface area contributed by atoms with Crippen molar-refractivity contribution in [2.75, 3.05) is 27.2 Å². The molecule has 4 nitrogen and oxygen atoms in total. The first-order valence-corrected chi connectivity index (χ1v) is 6.86. The lowest BCUT2D eigenvalue weighted by atomic mass is 9.97. The predicted molar refractivity (Wildman–Crippen MR) is 71.0 cm³/mol. The second-order valence-electron chi connectivity index (χ2n) is 5.97. The minimum atomic E-state index is 0.724. The lowest BCUT2D eigenvalue weighted by Gasteiger charge is -2.25. The summed E-state index contributed by atoms with van der Waals surface area (Å²) in [5.41, 5.74) is 1.23. The van der Waals surface area contributed by atoms with E-state index < -0.39 is 0 Å². The molecule has 1 saturated heterocycles. The van der Waals surface area contributed by atoms with E-state index in [-0.39, 0.29) is 0 Å². The molecule has 0 unspecified atom stereocenters. The molecule has 4 heteroatoms. The molecule has 98 valence electrons. The maximum atomic E-state index is 4.10. The van der Waals surface area contributed by atoms with Crippen molar-refractivity contribution in [1.29, 1.82) is 0 Å². The van der Waals surface area contributed by atoms with Crippen molar-refractivity contribution in [2.24, 2.45) is 11.8 Å². The van der Waals surface area contributed by atoms with Crippen LogP contribution in [0.5, 0.6) is 0 Å². The monoisotopic (exact) mass is 246 g/mol. The summed E-state index contributed by atoms with van der Waals surface area (Å²) in [6.07, 6.45) is 8.35. The quantitative estimate of drug-likeness (QED) is 0.800. The number of likely N-dealkylation sites (tertiary alicyclic amines) is 1. The van der Waals surface area contributed by atoms with Crippen molar-refractivity contribution >= 4 is 0 Å². The molecular formula is C14H22N4. The fourth-order valence-electron chi connectivity index (χ4n) is 3.23. The van der Waals surface area contributed by atoms with Crippen molar-refractivity contribution < 1.29 is 0 Å². The standard InChI is InChI=1S/C14H22N4/c1-17(2)14-9-18(8-13(14)12-3-4-12)7-11-5-15-10-16-6-11/h5-6,10,12-14H,3-4,7-9H2,1-2H3/t13-,14+/m1/s1. The van der Waals surface area contributed by atoms with Crippen LogP contribution in [0.4, 0.5) is 0 Å². The van der Waals surface area contributed by atoms with Gasteiger partial charge in [0.15, 0.2) is 0 Å². The zero-order valence-electron chi connectivity index (χ0n) is 11.3. The van der Waals surface area contributed by atoms with Crippen LogP contribution in [-0.4, -0.2) is 53.0 Å². The average Bonchev–Trinajstić information content (AvgIpc) is 3.12. The maximum Gasteiger partial charge on any atom is 0.115 e. The van der Waals surface area contributed by atoms with E-state index in [1.165, 1.54) is 31.5 Å². The molecule has 18 heavy (non-hydrogen) atoms. The molecular weight excluding hydrogens is 224 g/mol. The van der Waals surface area contributed by atoms with E-state index in [1.807, 2.05) is 12.4 Å². The summed E-state index contributed by atoms with van der Waals surface area (Å²) in [4.78, 5) is 13.2. The minimum Gasteiger partial charge on any atom is -0.305 e. The van der Waals surface area contributed by atoms with Crippen LogP contribution in [-0.2, 0) is 6.54 Å². The normalized spacial score (nSPS) is 29.1. The number of aromatic nitrogens is 2. The molecule has 0 amide bonds. The van der Waals surface area contributed by atoms with Gasteiger partial charge in [0, 0.05) is 43.6 Å². The zero-order valence-corrected chi connectivity index (χ0v) is 11.3. The Morgan fingerprint density at radius 3 is 2.56 bits per heavy atom. The Bertz CT molecular complexity index is 378. The molecule has 1 aliphatic heterocycles. The Morgan fingerprint density at radius 1 is 1.22 bits per heavy atom. The van der Waals surface area contributed by atoms with Gasteiger partial charge in [-0.15, -0.1) is 0 Å². The van der Waals surface area contributed by atoms with E-state index in [1.54, 1.807) is 6.33 Å². The van der Waals surface area contributed by atoms with Crippen molar-refractivity contribution in [3.8, 4) is 0 Å². The first-order chi connectivity index (χ1) is 8.74. The summed E-state index contributed by atoms with van der Waals surface area (Å²) in [7, 11) is 4.43. The molecule has 0 radical (unpaired) electrons. The fourth-order valence-corrected chi connectivity index (χ4v) is 3.23. The number of hydrogen-bond donors (Lipinski definition) is 0. The van der Waals surface area contributed by atoms with Crippen molar-refractivity contribution in [1.82, 2.24) is 19.8 Å². The van der Waals surface area contributed by atoms with Gasteiger partial charge in [0.2, 0.25) is 0 Å². The highest BCUT2D eigenvalue weighted by Crippen LogP contribution is 2.42. The summed E-state index contributed by atoms with van der Waals surface area (Å²) in [5, 5.41) is 0. The van der Waals surface area contributed by atoms with E-state index in [0.29, 0.717) is 0 Å². The summed E-state index contributed by atoms with van der Waals surface area (Å²) in [6, 6.07) is 0.724. The topological polar surface area (TPSA) is 32.3 Å². The summed E-state index contributed by atoms with van der Waals surface area (Å²) < 4.78 is 0. The van der Waals surface area contributed by atoms with Gasteiger partial charge in [-0.05, 0) is 38.8 Å². The van der Waals surface area contributed by atoms with Crippen LogP contribution in [0.2, 0.25) is 0 Å². The molecule has 2 aliphatic rings. The second-order valence-corrected chi connectivity index (χ2v) is 5.97. The Kier molecular flexibility index (Phi) is 3.31. The Hall–Kier alpha value is -1.00. The molecule has 1 aromatic rings. The molecule has 2 atom stereocenters. The van der Waals surface area contributed by atoms with E-state index in [9.17, 15) is 0 Å². The van der Waals surface area contributed by atoms with E-state index in [4.69, 9.17) is 0 Å². The van der Waals surface area contributed by atoms with Crippen molar-refractivity contribution in [2.45, 2.75) is 25.4 Å². The largest absolute Gasteiger partial charge is 0.305 e. The number of hydrogen-bond acceptors (Lipinski definition) is 4. The first-order valence-electron chi connectivity index (χ1n) is 6.86. The minimum absolute atomic E-state index is 0.724. The van der Waals surface area contributed by atoms with Crippen molar-refractivity contribution in [3.63, 3.8) is 0 Å². The van der Waals surface area contributed by atoms with Gasteiger partial charge in [0.1, 0.15) is 6.33 Å². The van der Waals surface area contributed by atoms with Crippen LogP contribution in [0.3, 0.4) is 0 Å². The molecule has 2 fully saturated rings. The van der Waals surface area contributed by atoms with Gasteiger partial charge in [-0.25, -0.2) is 9.97 Å². The van der Waals surface area contributed by atoms with Gasteiger partial charge in [-0.3, -0.25) is 4.90 Å². The third-order valence-electron chi connectivity index (χ3n) is 4.32. The van der Waals surface area contributed by atoms with Gasteiger partial charge >= 0.3 is 0 Å². The van der Waals surface area contributed by atoms with E-state index in [2.05, 4.69) is 33.9 Å². The second kappa shape index (κ2) is 4.94. The van der Waals surface area contributed by atoms with Gasteiger partial charge in [-0.1, -0.05) is 0 Å². The van der Waals surface area contributed by atoms with Crippen LogP contribution < -0.4 is 0 Å². The Labute approximate surface area is 109 Å². The van der Waals surface area contributed by atoms with Crippen molar-refractivity contribution in [3.05, 3.63) is 24.3 Å². The zero-order chi connectivity index (χ0) is 12.5. The highest BCUT2D eigenvalue weighted by Gasteiger charge is 2.43. The van der Waals surface area contributed by atoms with Crippen LogP contribution >= 0.6 is 0 Å². The Balaban J connectivity index is 1.65. The molecule has 1 aliphatic carbocycles. The van der Waals surface area contributed by atoms with Gasteiger partial charge in [0.25, 0.3) is 0 Å². The first kappa shape index (κ1) is 12.1. The molecule has 0 N–H and O–H groups in total. The summed E-state index contributed by atoms with van der Waals surface area (Å²) in [5.74, 6) is 1.85. The predicted octanol–water partition coefficient (Wildman–Crippen LogP) is 1.25. The SMILES string of the molecule is CN(C)[C@H]1CN(Cc2cncnc2)C[C@@H]1C1CC1. The highest BCUT2D eigenvalue weighted by atomic mass is 15.2. The molecule has 2 heterocycles. The highest BCUT2D eigenvalue weighted by molar-refractivity contribution is 5.05. The van der Waals surface area contributed by atoms with Gasteiger partial charge in [0.05, 0.1) is 0 Å². The average molecular weight is 246 g/mol. The number of likely N-dealkylation sites (N-methyl/N-ethyl adjacent to an activating group) is 1. The number of rotatable bonds is 4. The lowest BCUT2D eigenvalue weighted by molar-refractivity contribution is 0.233. The molecule has 0 bridgehead atoms. The smallest absolute Gasteiger partial charge is 0.115 e. The van der Waals surface area contributed by atoms with Crippen LogP contribution in [0.1, 0.15) is 18.4 Å². The number of nitrogens with zero attached hydrogens (tertiary/aromatic N) is 4. The molecule has 1 aromatic heterocycles. The summed E-state index contributed by atoms with van der Waals surface area (Å²) >= 11 is 0. The van der Waals surface area contributed by atoms with E-state index >= 15 is 0 Å². The summed E-state index contributed by atoms with van der Waals surface area (Å²) in [6.45, 7) is 3.42. The Morgan fingerprint density at radius 2 is 1.94 bits per heavy atom. The van der Waals surface area contributed by atoms with E-state index in [0.717, 1.165) is 24.4 Å². The van der Waals surface area contributed by atoms with Gasteiger partial charge in [-0.2, -0.15) is 0 Å². The van der Waals surface area contributed by atoms with Gasteiger partial charge < -0.3 is 4.90 Å². The molecule has 1 saturated carbocycles. The lowest BCUT2D eigenvalue weighted by Crippen LogP contribution is -2.36. The third kappa shape index (κ3) is 2.54. The van der Waals surface area contributed by atoms with Crippen LogP contribution in [0, 0.1) is 11.8 Å². The maximum absolute atomic E-state index is 4.10.